The first kappa shape index (κ1) is 16.2. The summed E-state index contributed by atoms with van der Waals surface area (Å²) in [5.41, 5.74) is 0. The predicted molar refractivity (Wildman–Crippen MR) is 78.7 cm³/mol. The van der Waals surface area contributed by atoms with Crippen molar-refractivity contribution >= 4 is 12.1 Å². The number of rotatable bonds is 3. The number of hydrogen-bond donors (Lipinski definition) is 0. The molecule has 2 heterocycles. The third kappa shape index (κ3) is 4.40. The van der Waals surface area contributed by atoms with Gasteiger partial charge in [0, 0.05) is 51.7 Å². The molecule has 2 rings (SSSR count). The van der Waals surface area contributed by atoms with Gasteiger partial charge in [0.1, 0.15) is 0 Å². The van der Waals surface area contributed by atoms with Gasteiger partial charge in [0.25, 0.3) is 0 Å². The van der Waals surface area contributed by atoms with Crippen molar-refractivity contribution in [2.75, 3.05) is 45.8 Å². The normalized spacial score (nSPS) is 21.9. The topological polar surface area (TPSA) is 43.9 Å². The van der Waals surface area contributed by atoms with Gasteiger partial charge in [-0.25, -0.2) is 4.79 Å². The first-order chi connectivity index (χ1) is 9.97. The Balaban J connectivity index is 1.70. The molecule has 2 aliphatic heterocycles. The molecule has 6 heteroatoms. The molecule has 21 heavy (non-hydrogen) atoms. The summed E-state index contributed by atoms with van der Waals surface area (Å²) in [6.45, 7) is 9.39. The second kappa shape index (κ2) is 7.20. The van der Waals surface area contributed by atoms with Crippen LogP contribution in [0.5, 0.6) is 0 Å². The molecule has 120 valence electrons. The van der Waals surface area contributed by atoms with E-state index in [4.69, 9.17) is 0 Å². The van der Waals surface area contributed by atoms with Gasteiger partial charge in [-0.15, -0.1) is 4.39 Å². The maximum absolute atomic E-state index is 12.6. The number of likely N-dealkylation sites (tertiary alicyclic amines) is 1. The van der Waals surface area contributed by atoms with Gasteiger partial charge in [-0.1, -0.05) is 13.8 Å². The van der Waals surface area contributed by atoms with Crippen LogP contribution in [0.1, 0.15) is 26.7 Å². The van der Waals surface area contributed by atoms with E-state index in [2.05, 4.69) is 4.90 Å². The Morgan fingerprint density at radius 2 is 1.57 bits per heavy atom. The van der Waals surface area contributed by atoms with Crippen LogP contribution in [0.3, 0.4) is 0 Å². The Bertz CT molecular complexity index is 373. The molecule has 0 bridgehead atoms. The molecule has 0 radical (unpaired) electrons. The zero-order valence-electron chi connectivity index (χ0n) is 13.1. The largest absolute Gasteiger partial charge is 0.400 e. The number of carbonyl (C=O) groups is 2. The van der Waals surface area contributed by atoms with E-state index in [1.54, 1.807) is 0 Å². The van der Waals surface area contributed by atoms with Crippen molar-refractivity contribution in [1.29, 1.82) is 0 Å². The maximum Gasteiger partial charge on any atom is 0.400 e. The summed E-state index contributed by atoms with van der Waals surface area (Å²) >= 11 is 0. The van der Waals surface area contributed by atoms with E-state index in [-0.39, 0.29) is 11.8 Å². The highest BCUT2D eigenvalue weighted by Crippen LogP contribution is 2.20. The Hall–Kier alpha value is -1.17. The molecule has 2 fully saturated rings. The highest BCUT2D eigenvalue weighted by Gasteiger charge is 2.27. The minimum atomic E-state index is -1.30. The van der Waals surface area contributed by atoms with Crippen molar-refractivity contribution in [3.8, 4) is 0 Å². The number of hydrogen-bond acceptors (Lipinski definition) is 3. The molecular formula is C15H26FN3O2. The summed E-state index contributed by atoms with van der Waals surface area (Å²) < 4.78 is 12.6. The quantitative estimate of drug-likeness (QED) is 0.587. The summed E-state index contributed by atoms with van der Waals surface area (Å²) in [4.78, 5) is 28.2. The highest BCUT2D eigenvalue weighted by molar-refractivity contribution is 5.78. The third-order valence-corrected chi connectivity index (χ3v) is 4.56. The van der Waals surface area contributed by atoms with Crippen LogP contribution in [0.15, 0.2) is 0 Å². The van der Waals surface area contributed by atoms with Crippen LogP contribution < -0.4 is 0 Å². The summed E-state index contributed by atoms with van der Waals surface area (Å²) in [5.74, 6) is 0.844. The van der Waals surface area contributed by atoms with E-state index in [0.717, 1.165) is 45.6 Å². The number of nitrogens with zero attached hydrogens (tertiary/aromatic N) is 3. The molecular weight excluding hydrogens is 273 g/mol. The standard InChI is InChI=1S/C15H26FN3O2/c1-12(2)14(20)18-9-7-17(8-10-18)11-13-3-5-19(6-4-13)15(16)21/h12-13H,3-11H2,1-2H3. The number of halogens is 1. The van der Waals surface area contributed by atoms with Crippen LogP contribution in [0.2, 0.25) is 0 Å². The van der Waals surface area contributed by atoms with Gasteiger partial charge in [-0.3, -0.25) is 9.69 Å². The molecule has 0 aromatic rings. The Labute approximate surface area is 126 Å². The smallest absolute Gasteiger partial charge is 0.340 e. The van der Waals surface area contributed by atoms with Crippen LogP contribution >= 0.6 is 0 Å². The van der Waals surface area contributed by atoms with Crippen LogP contribution in [-0.2, 0) is 4.79 Å². The fourth-order valence-electron chi connectivity index (χ4n) is 3.17. The minimum absolute atomic E-state index is 0.0686. The van der Waals surface area contributed by atoms with Crippen LogP contribution in [0, 0.1) is 11.8 Å². The van der Waals surface area contributed by atoms with Crippen LogP contribution in [0.25, 0.3) is 0 Å². The van der Waals surface area contributed by atoms with Crippen molar-refractivity contribution < 1.29 is 14.0 Å². The lowest BCUT2D eigenvalue weighted by Crippen LogP contribution is -2.51. The second-order valence-electron chi connectivity index (χ2n) is 6.46. The van der Waals surface area contributed by atoms with E-state index in [1.165, 1.54) is 4.90 Å². The molecule has 0 saturated carbocycles. The van der Waals surface area contributed by atoms with Gasteiger partial charge >= 0.3 is 6.16 Å². The zero-order valence-corrected chi connectivity index (χ0v) is 13.1. The van der Waals surface area contributed by atoms with Crippen molar-refractivity contribution in [2.45, 2.75) is 26.7 Å². The number of amides is 2. The van der Waals surface area contributed by atoms with E-state index >= 15 is 0 Å². The SMILES string of the molecule is CC(C)C(=O)N1CCN(CC2CCN(C(=O)F)CC2)CC1. The summed E-state index contributed by atoms with van der Waals surface area (Å²) in [6, 6.07) is 0. The number of piperidine rings is 1. The van der Waals surface area contributed by atoms with Crippen molar-refractivity contribution in [1.82, 2.24) is 14.7 Å². The molecule has 0 aliphatic carbocycles. The van der Waals surface area contributed by atoms with Gasteiger partial charge in [0.2, 0.25) is 5.91 Å². The van der Waals surface area contributed by atoms with Crippen molar-refractivity contribution in [2.24, 2.45) is 11.8 Å². The monoisotopic (exact) mass is 299 g/mol. The average Bonchev–Trinajstić information content (AvgIpc) is 2.47. The molecule has 2 amide bonds. The summed E-state index contributed by atoms with van der Waals surface area (Å²) in [6.07, 6.45) is 0.455. The van der Waals surface area contributed by atoms with Gasteiger partial charge < -0.3 is 9.80 Å². The fourth-order valence-corrected chi connectivity index (χ4v) is 3.17. The Morgan fingerprint density at radius 1 is 1.00 bits per heavy atom. The lowest BCUT2D eigenvalue weighted by Gasteiger charge is -2.38. The van der Waals surface area contributed by atoms with E-state index in [1.807, 2.05) is 18.7 Å². The number of piperazine rings is 1. The molecule has 0 aromatic heterocycles. The van der Waals surface area contributed by atoms with Gasteiger partial charge in [-0.2, -0.15) is 0 Å². The minimum Gasteiger partial charge on any atom is -0.340 e. The average molecular weight is 299 g/mol. The Kier molecular flexibility index (Phi) is 5.56. The van der Waals surface area contributed by atoms with E-state index in [0.29, 0.717) is 19.0 Å². The molecule has 0 aromatic carbocycles. The van der Waals surface area contributed by atoms with Crippen LogP contribution in [0.4, 0.5) is 9.18 Å². The molecule has 0 unspecified atom stereocenters. The molecule has 2 aliphatic rings. The summed E-state index contributed by atoms with van der Waals surface area (Å²) in [7, 11) is 0. The van der Waals surface area contributed by atoms with E-state index in [9.17, 15) is 14.0 Å². The first-order valence-electron chi connectivity index (χ1n) is 7.93. The van der Waals surface area contributed by atoms with Gasteiger partial charge in [0.15, 0.2) is 0 Å². The highest BCUT2D eigenvalue weighted by atomic mass is 19.1. The summed E-state index contributed by atoms with van der Waals surface area (Å²) in [5, 5.41) is 0. The second-order valence-corrected chi connectivity index (χ2v) is 6.46. The third-order valence-electron chi connectivity index (χ3n) is 4.56. The van der Waals surface area contributed by atoms with Crippen molar-refractivity contribution in [3.05, 3.63) is 0 Å². The van der Waals surface area contributed by atoms with E-state index < -0.39 is 6.16 Å². The molecule has 0 atom stereocenters. The number of carbonyl (C=O) groups excluding carboxylic acids is 2. The van der Waals surface area contributed by atoms with Crippen molar-refractivity contribution in [3.63, 3.8) is 0 Å². The molecule has 5 nitrogen and oxygen atoms in total. The molecule has 0 spiro atoms. The van der Waals surface area contributed by atoms with Crippen LogP contribution in [-0.4, -0.2) is 72.6 Å². The predicted octanol–water partition coefficient (Wildman–Crippen LogP) is 1.59. The Morgan fingerprint density at radius 3 is 2.05 bits per heavy atom. The first-order valence-corrected chi connectivity index (χ1v) is 7.93. The molecule has 2 saturated heterocycles. The van der Waals surface area contributed by atoms with Gasteiger partial charge in [-0.05, 0) is 18.8 Å². The lowest BCUT2D eigenvalue weighted by molar-refractivity contribution is -0.136. The maximum atomic E-state index is 12.6. The lowest BCUT2D eigenvalue weighted by atomic mass is 9.96. The fraction of sp³-hybridized carbons (Fsp3) is 0.867. The van der Waals surface area contributed by atoms with Gasteiger partial charge in [0.05, 0.1) is 0 Å². The zero-order chi connectivity index (χ0) is 15.4. The molecule has 0 N–H and O–H groups in total.